The fraction of sp³-hybridized carbons (Fsp3) is 0.423. The van der Waals surface area contributed by atoms with E-state index in [1.807, 2.05) is 36.4 Å². The predicted molar refractivity (Wildman–Crippen MR) is 125 cm³/mol. The molecule has 2 aromatic rings. The van der Waals surface area contributed by atoms with Crippen molar-refractivity contribution in [3.8, 4) is 11.1 Å². The summed E-state index contributed by atoms with van der Waals surface area (Å²) in [4.78, 5) is 36.6. The normalized spacial score (nSPS) is 19.7. The maximum atomic E-state index is 12.7. The number of carbonyl (C=O) groups excluding carboxylic acids is 2. The van der Waals surface area contributed by atoms with Crippen LogP contribution in [0.15, 0.2) is 48.5 Å². The van der Waals surface area contributed by atoms with E-state index < -0.39 is 29.9 Å². The third kappa shape index (κ3) is 5.07. The van der Waals surface area contributed by atoms with Gasteiger partial charge in [-0.25, -0.2) is 4.79 Å². The van der Waals surface area contributed by atoms with Gasteiger partial charge in [-0.05, 0) is 41.0 Å². The van der Waals surface area contributed by atoms with E-state index in [1.54, 1.807) is 0 Å². The first-order valence-corrected chi connectivity index (χ1v) is 11.6. The maximum Gasteiger partial charge on any atom is 0.407 e. The number of benzene rings is 2. The Morgan fingerprint density at radius 3 is 2.29 bits per heavy atom. The van der Waals surface area contributed by atoms with Crippen molar-refractivity contribution >= 4 is 18.0 Å². The Hall–Kier alpha value is -3.39. The third-order valence-corrected chi connectivity index (χ3v) is 6.80. The number of methoxy groups -OCH3 is 1. The molecule has 2 aliphatic rings. The third-order valence-electron chi connectivity index (χ3n) is 6.80. The first kappa shape index (κ1) is 23.8. The van der Waals surface area contributed by atoms with Crippen LogP contribution in [0.4, 0.5) is 4.79 Å². The number of hydrogen-bond acceptors (Lipinski definition) is 5. The largest absolute Gasteiger partial charge is 0.481 e. The van der Waals surface area contributed by atoms with Crippen LogP contribution in [-0.4, -0.2) is 56.0 Å². The van der Waals surface area contributed by atoms with Crippen molar-refractivity contribution in [1.29, 1.82) is 0 Å². The molecule has 3 N–H and O–H groups in total. The summed E-state index contributed by atoms with van der Waals surface area (Å²) in [5.74, 6) is -1.90. The first-order chi connectivity index (χ1) is 16.5. The zero-order valence-electron chi connectivity index (χ0n) is 19.2. The number of carbonyl (C=O) groups is 3. The zero-order valence-corrected chi connectivity index (χ0v) is 19.2. The van der Waals surface area contributed by atoms with Crippen molar-refractivity contribution in [2.45, 2.75) is 31.2 Å². The molecule has 3 atom stereocenters. The van der Waals surface area contributed by atoms with Gasteiger partial charge in [-0.2, -0.15) is 0 Å². The van der Waals surface area contributed by atoms with E-state index in [-0.39, 0.29) is 31.6 Å². The molecule has 1 fully saturated rings. The molecular weight excluding hydrogens is 436 g/mol. The summed E-state index contributed by atoms with van der Waals surface area (Å²) in [6.07, 6.45) is 1.50. The highest BCUT2D eigenvalue weighted by molar-refractivity contribution is 5.86. The number of amides is 2. The van der Waals surface area contributed by atoms with Gasteiger partial charge in [0.05, 0.1) is 12.5 Å². The van der Waals surface area contributed by atoms with Crippen molar-refractivity contribution < 1.29 is 29.0 Å². The molecule has 2 amide bonds. The van der Waals surface area contributed by atoms with E-state index in [0.717, 1.165) is 35.1 Å². The Labute approximate surface area is 198 Å². The van der Waals surface area contributed by atoms with Crippen molar-refractivity contribution in [1.82, 2.24) is 10.6 Å². The van der Waals surface area contributed by atoms with E-state index in [4.69, 9.17) is 9.47 Å². The first-order valence-electron chi connectivity index (χ1n) is 11.6. The minimum atomic E-state index is -0.940. The summed E-state index contributed by atoms with van der Waals surface area (Å²) in [7, 11) is 1.44. The Bertz CT molecular complexity index is 1010. The molecule has 0 spiro atoms. The topological polar surface area (TPSA) is 114 Å². The quantitative estimate of drug-likeness (QED) is 0.523. The molecule has 0 bridgehead atoms. The number of fused-ring (bicyclic) bond motifs is 3. The van der Waals surface area contributed by atoms with Crippen LogP contribution in [0.5, 0.6) is 0 Å². The van der Waals surface area contributed by atoms with Crippen LogP contribution >= 0.6 is 0 Å². The summed E-state index contributed by atoms with van der Waals surface area (Å²) < 4.78 is 10.6. The van der Waals surface area contributed by atoms with Gasteiger partial charge < -0.3 is 25.2 Å². The van der Waals surface area contributed by atoms with E-state index >= 15 is 0 Å². The molecule has 8 heteroatoms. The Morgan fingerprint density at radius 2 is 1.68 bits per heavy atom. The molecule has 1 saturated carbocycles. The van der Waals surface area contributed by atoms with Crippen LogP contribution < -0.4 is 10.6 Å². The minimum Gasteiger partial charge on any atom is -0.481 e. The number of carboxylic acids is 1. The summed E-state index contributed by atoms with van der Waals surface area (Å²) in [5, 5.41) is 14.7. The van der Waals surface area contributed by atoms with Crippen molar-refractivity contribution in [2.24, 2.45) is 11.8 Å². The molecule has 2 aromatic carbocycles. The monoisotopic (exact) mass is 466 g/mol. The number of alkyl carbamates (subject to hydrolysis) is 1. The molecule has 4 rings (SSSR count). The van der Waals surface area contributed by atoms with Gasteiger partial charge in [-0.3, -0.25) is 9.59 Å². The molecular formula is C26H30N2O6. The molecule has 0 radical (unpaired) electrons. The van der Waals surface area contributed by atoms with Gasteiger partial charge in [0.15, 0.2) is 0 Å². The molecule has 0 saturated heterocycles. The van der Waals surface area contributed by atoms with Gasteiger partial charge >= 0.3 is 12.1 Å². The number of aliphatic carboxylic acids is 1. The molecule has 34 heavy (non-hydrogen) atoms. The van der Waals surface area contributed by atoms with Gasteiger partial charge in [0.1, 0.15) is 12.6 Å². The van der Waals surface area contributed by atoms with Crippen molar-refractivity contribution in [3.05, 3.63) is 59.7 Å². The SMILES string of the molecule is COCC(NC(=O)OCC1c2ccccc2-c2ccccc21)C(=O)NC[C@H]1CCC[C@H]1C(=O)O. The van der Waals surface area contributed by atoms with Crippen LogP contribution in [0.25, 0.3) is 11.1 Å². The summed E-state index contributed by atoms with van der Waals surface area (Å²) in [6.45, 7) is 0.370. The average Bonchev–Trinajstić information content (AvgIpc) is 3.44. The number of nitrogens with one attached hydrogen (secondary N) is 2. The second-order valence-corrected chi connectivity index (χ2v) is 8.86. The lowest BCUT2D eigenvalue weighted by atomic mass is 9.96. The molecule has 180 valence electrons. The summed E-state index contributed by atoms with van der Waals surface area (Å²) in [5.41, 5.74) is 4.48. The summed E-state index contributed by atoms with van der Waals surface area (Å²) >= 11 is 0. The molecule has 1 unspecified atom stereocenters. The fourth-order valence-electron chi connectivity index (χ4n) is 5.09. The van der Waals surface area contributed by atoms with Crippen molar-refractivity contribution in [3.63, 3.8) is 0 Å². The zero-order chi connectivity index (χ0) is 24.1. The lowest BCUT2D eigenvalue weighted by Crippen LogP contribution is -2.50. The lowest BCUT2D eigenvalue weighted by molar-refractivity contribution is -0.143. The second kappa shape index (κ2) is 10.7. The molecule has 0 heterocycles. The highest BCUT2D eigenvalue weighted by atomic mass is 16.5. The number of hydrogen-bond donors (Lipinski definition) is 3. The van der Waals surface area contributed by atoms with Crippen LogP contribution in [-0.2, 0) is 19.1 Å². The van der Waals surface area contributed by atoms with E-state index in [0.29, 0.717) is 6.42 Å². The molecule has 2 aliphatic carbocycles. The van der Waals surface area contributed by atoms with Crippen LogP contribution in [0.3, 0.4) is 0 Å². The number of rotatable bonds is 9. The maximum absolute atomic E-state index is 12.7. The van der Waals surface area contributed by atoms with Gasteiger partial charge in [0.2, 0.25) is 5.91 Å². The Morgan fingerprint density at radius 1 is 1.03 bits per heavy atom. The van der Waals surface area contributed by atoms with Gasteiger partial charge in [-0.15, -0.1) is 0 Å². The van der Waals surface area contributed by atoms with Gasteiger partial charge in [-0.1, -0.05) is 55.0 Å². The lowest BCUT2D eigenvalue weighted by Gasteiger charge is -2.21. The standard InChI is InChI=1S/C26H30N2O6/c1-33-15-23(24(29)27-13-16-7-6-12-17(16)25(30)31)28-26(32)34-14-22-20-10-4-2-8-18(20)19-9-3-5-11-21(19)22/h2-5,8-11,16-17,22-23H,6-7,12-15H2,1H3,(H,27,29)(H,28,32)(H,30,31)/t16-,17-,23?/m1/s1. The Kier molecular flexibility index (Phi) is 7.47. The molecule has 8 nitrogen and oxygen atoms in total. The number of ether oxygens (including phenoxy) is 2. The van der Waals surface area contributed by atoms with Crippen LogP contribution in [0.2, 0.25) is 0 Å². The molecule has 0 aliphatic heterocycles. The second-order valence-electron chi connectivity index (χ2n) is 8.86. The smallest absolute Gasteiger partial charge is 0.407 e. The minimum absolute atomic E-state index is 0.0247. The van der Waals surface area contributed by atoms with Gasteiger partial charge in [0, 0.05) is 19.6 Å². The predicted octanol–water partition coefficient (Wildman–Crippen LogP) is 3.16. The highest BCUT2D eigenvalue weighted by Crippen LogP contribution is 2.44. The average molecular weight is 467 g/mol. The van der Waals surface area contributed by atoms with Gasteiger partial charge in [0.25, 0.3) is 0 Å². The summed E-state index contributed by atoms with van der Waals surface area (Å²) in [6, 6.07) is 15.2. The fourth-order valence-corrected chi connectivity index (χ4v) is 5.09. The van der Waals surface area contributed by atoms with Crippen molar-refractivity contribution in [2.75, 3.05) is 26.9 Å². The van der Waals surface area contributed by atoms with E-state index in [2.05, 4.69) is 22.8 Å². The van der Waals surface area contributed by atoms with Crippen LogP contribution in [0, 0.1) is 11.8 Å². The van der Waals surface area contributed by atoms with Crippen LogP contribution in [0.1, 0.15) is 36.3 Å². The highest BCUT2D eigenvalue weighted by Gasteiger charge is 2.34. The van der Waals surface area contributed by atoms with E-state index in [1.165, 1.54) is 7.11 Å². The Balaban J connectivity index is 1.33. The van der Waals surface area contributed by atoms with E-state index in [9.17, 15) is 19.5 Å². The molecule has 0 aromatic heterocycles. The number of carboxylic acid groups (broad SMARTS) is 1.